The maximum absolute atomic E-state index is 3.82. The van der Waals surface area contributed by atoms with Crippen LogP contribution in [0, 0.1) is 0 Å². The molecule has 2 aromatic carbocycles. The Balaban J connectivity index is 2.56. The molecule has 0 aromatic heterocycles. The van der Waals surface area contributed by atoms with Crippen molar-refractivity contribution >= 4 is 10.8 Å². The first-order chi connectivity index (χ1) is 6.81. The summed E-state index contributed by atoms with van der Waals surface area (Å²) in [6.07, 6.45) is 1.98. The molecule has 0 aliphatic heterocycles. The van der Waals surface area contributed by atoms with E-state index in [-0.39, 0.29) is 0 Å². The summed E-state index contributed by atoms with van der Waals surface area (Å²) in [5.74, 6) is 0.430. The summed E-state index contributed by atoms with van der Waals surface area (Å²) in [7, 11) is 0. The molecule has 0 amide bonds. The van der Waals surface area contributed by atoms with Gasteiger partial charge in [0, 0.05) is 0 Å². The van der Waals surface area contributed by atoms with Crippen molar-refractivity contribution in [3.63, 3.8) is 0 Å². The lowest BCUT2D eigenvalue weighted by molar-refractivity contribution is 0.974. The van der Waals surface area contributed by atoms with Gasteiger partial charge in [-0.25, -0.2) is 0 Å². The largest absolute Gasteiger partial charge is 0.102 e. The van der Waals surface area contributed by atoms with Crippen molar-refractivity contribution in [1.82, 2.24) is 0 Å². The second-order valence-electron chi connectivity index (χ2n) is 3.63. The van der Waals surface area contributed by atoms with E-state index in [9.17, 15) is 0 Å². The van der Waals surface area contributed by atoms with Crippen LogP contribution in [0.4, 0.5) is 0 Å². The van der Waals surface area contributed by atoms with E-state index in [4.69, 9.17) is 0 Å². The van der Waals surface area contributed by atoms with Crippen LogP contribution in [0.3, 0.4) is 0 Å². The monoisotopic (exact) mass is 182 g/mol. The molecule has 0 saturated heterocycles. The topological polar surface area (TPSA) is 0 Å². The van der Waals surface area contributed by atoms with Gasteiger partial charge in [-0.3, -0.25) is 0 Å². The third-order valence-electron chi connectivity index (χ3n) is 2.65. The molecule has 0 heteroatoms. The van der Waals surface area contributed by atoms with Crippen LogP contribution in [-0.2, 0) is 0 Å². The average Bonchev–Trinajstić information content (AvgIpc) is 2.27. The number of hydrogen-bond donors (Lipinski definition) is 0. The van der Waals surface area contributed by atoms with Gasteiger partial charge in [0.05, 0.1) is 0 Å². The molecule has 0 aliphatic rings. The number of hydrogen-bond acceptors (Lipinski definition) is 0. The second kappa shape index (κ2) is 3.67. The Morgan fingerprint density at radius 3 is 2.50 bits per heavy atom. The van der Waals surface area contributed by atoms with Gasteiger partial charge in [-0.05, 0) is 22.3 Å². The van der Waals surface area contributed by atoms with E-state index in [2.05, 4.69) is 56.0 Å². The summed E-state index contributed by atoms with van der Waals surface area (Å²) in [4.78, 5) is 0. The zero-order valence-electron chi connectivity index (χ0n) is 8.40. The Morgan fingerprint density at radius 2 is 1.79 bits per heavy atom. The van der Waals surface area contributed by atoms with Crippen LogP contribution in [0.2, 0.25) is 0 Å². The van der Waals surface area contributed by atoms with E-state index in [1.165, 1.54) is 16.3 Å². The van der Waals surface area contributed by atoms with E-state index < -0.39 is 0 Å². The zero-order valence-corrected chi connectivity index (χ0v) is 8.40. The molecular formula is C14H14. The van der Waals surface area contributed by atoms with Gasteiger partial charge < -0.3 is 0 Å². The Kier molecular flexibility index (Phi) is 2.36. The predicted octanol–water partition coefficient (Wildman–Crippen LogP) is 4.13. The summed E-state index contributed by atoms with van der Waals surface area (Å²) in [6.45, 7) is 5.98. The van der Waals surface area contributed by atoms with Gasteiger partial charge in [0.15, 0.2) is 0 Å². The van der Waals surface area contributed by atoms with Crippen molar-refractivity contribution in [3.05, 3.63) is 60.7 Å². The third-order valence-corrected chi connectivity index (χ3v) is 2.65. The summed E-state index contributed by atoms with van der Waals surface area (Å²) < 4.78 is 0. The van der Waals surface area contributed by atoms with Crippen molar-refractivity contribution in [2.75, 3.05) is 0 Å². The Hall–Kier alpha value is -1.56. The molecule has 0 heterocycles. The molecular weight excluding hydrogens is 168 g/mol. The fraction of sp³-hybridized carbons (Fsp3) is 0.143. The zero-order chi connectivity index (χ0) is 9.97. The molecule has 2 aromatic rings. The summed E-state index contributed by atoms with van der Waals surface area (Å²) in [5, 5.41) is 2.60. The van der Waals surface area contributed by atoms with Crippen LogP contribution < -0.4 is 0 Å². The van der Waals surface area contributed by atoms with Crippen LogP contribution >= 0.6 is 0 Å². The Morgan fingerprint density at radius 1 is 1.07 bits per heavy atom. The van der Waals surface area contributed by atoms with Crippen molar-refractivity contribution in [2.24, 2.45) is 0 Å². The number of rotatable bonds is 2. The summed E-state index contributed by atoms with van der Waals surface area (Å²) in [6, 6.07) is 15.0. The highest BCUT2D eigenvalue weighted by Gasteiger charge is 2.00. The first-order valence-corrected chi connectivity index (χ1v) is 4.92. The average molecular weight is 182 g/mol. The second-order valence-corrected chi connectivity index (χ2v) is 3.63. The fourth-order valence-corrected chi connectivity index (χ4v) is 1.63. The SMILES string of the molecule is C=CC(C)c1ccc2ccccc2c1. The maximum atomic E-state index is 3.82. The van der Waals surface area contributed by atoms with Crippen molar-refractivity contribution in [2.45, 2.75) is 12.8 Å². The van der Waals surface area contributed by atoms with Gasteiger partial charge in [-0.15, -0.1) is 6.58 Å². The molecule has 14 heavy (non-hydrogen) atoms. The Bertz CT molecular complexity index is 454. The lowest BCUT2D eigenvalue weighted by Gasteiger charge is -2.07. The van der Waals surface area contributed by atoms with Gasteiger partial charge in [0.25, 0.3) is 0 Å². The highest BCUT2D eigenvalue weighted by Crippen LogP contribution is 2.21. The highest BCUT2D eigenvalue weighted by atomic mass is 14.1. The minimum atomic E-state index is 0.430. The van der Waals surface area contributed by atoms with Crippen LogP contribution in [0.25, 0.3) is 10.8 Å². The maximum Gasteiger partial charge on any atom is -0.00129 e. The molecule has 0 spiro atoms. The van der Waals surface area contributed by atoms with Gasteiger partial charge in [-0.2, -0.15) is 0 Å². The molecule has 0 bridgehead atoms. The normalized spacial score (nSPS) is 12.6. The summed E-state index contributed by atoms with van der Waals surface area (Å²) >= 11 is 0. The van der Waals surface area contributed by atoms with Crippen molar-refractivity contribution in [3.8, 4) is 0 Å². The van der Waals surface area contributed by atoms with E-state index >= 15 is 0 Å². The van der Waals surface area contributed by atoms with Gasteiger partial charge >= 0.3 is 0 Å². The molecule has 70 valence electrons. The molecule has 1 atom stereocenters. The van der Waals surface area contributed by atoms with E-state index in [1.807, 2.05) is 6.08 Å². The predicted molar refractivity (Wildman–Crippen MR) is 62.6 cm³/mol. The summed E-state index contributed by atoms with van der Waals surface area (Å²) in [5.41, 5.74) is 1.33. The van der Waals surface area contributed by atoms with Gasteiger partial charge in [0.1, 0.15) is 0 Å². The van der Waals surface area contributed by atoms with E-state index in [0.29, 0.717) is 5.92 Å². The highest BCUT2D eigenvalue weighted by molar-refractivity contribution is 5.83. The minimum absolute atomic E-state index is 0.430. The van der Waals surface area contributed by atoms with Crippen LogP contribution in [-0.4, -0.2) is 0 Å². The number of allylic oxidation sites excluding steroid dienone is 1. The molecule has 0 N–H and O–H groups in total. The molecule has 0 radical (unpaired) electrons. The smallest absolute Gasteiger partial charge is 0.00129 e. The van der Waals surface area contributed by atoms with Gasteiger partial charge in [-0.1, -0.05) is 55.5 Å². The first kappa shape index (κ1) is 9.01. The van der Waals surface area contributed by atoms with Gasteiger partial charge in [0.2, 0.25) is 0 Å². The van der Waals surface area contributed by atoms with Crippen LogP contribution in [0.1, 0.15) is 18.4 Å². The molecule has 2 rings (SSSR count). The van der Waals surface area contributed by atoms with Crippen LogP contribution in [0.5, 0.6) is 0 Å². The van der Waals surface area contributed by atoms with E-state index in [1.54, 1.807) is 0 Å². The first-order valence-electron chi connectivity index (χ1n) is 4.92. The van der Waals surface area contributed by atoms with E-state index in [0.717, 1.165) is 0 Å². The lowest BCUT2D eigenvalue weighted by Crippen LogP contribution is -1.87. The lowest BCUT2D eigenvalue weighted by atomic mass is 9.98. The molecule has 0 saturated carbocycles. The van der Waals surface area contributed by atoms with Crippen molar-refractivity contribution < 1.29 is 0 Å². The van der Waals surface area contributed by atoms with Crippen molar-refractivity contribution in [1.29, 1.82) is 0 Å². The minimum Gasteiger partial charge on any atom is -0.102 e. The molecule has 0 aliphatic carbocycles. The fourth-order valence-electron chi connectivity index (χ4n) is 1.63. The standard InChI is InChI=1S/C14H14/c1-3-11(2)13-9-8-12-6-4-5-7-14(12)10-13/h3-11H,1H2,2H3. The molecule has 1 unspecified atom stereocenters. The number of fused-ring (bicyclic) bond motifs is 1. The molecule has 0 nitrogen and oxygen atoms in total. The molecule has 0 fully saturated rings. The number of benzene rings is 2. The Labute approximate surface area is 84.9 Å². The third kappa shape index (κ3) is 1.56. The quantitative estimate of drug-likeness (QED) is 0.612. The van der Waals surface area contributed by atoms with Crippen LogP contribution in [0.15, 0.2) is 55.1 Å².